The summed E-state index contributed by atoms with van der Waals surface area (Å²) in [4.78, 5) is 6.08. The van der Waals surface area contributed by atoms with E-state index in [1.807, 2.05) is 11.8 Å². The van der Waals surface area contributed by atoms with E-state index in [1.165, 1.54) is 22.6 Å². The van der Waals surface area contributed by atoms with Crippen molar-refractivity contribution in [3.8, 4) is 0 Å². The van der Waals surface area contributed by atoms with E-state index in [0.717, 1.165) is 18.0 Å². The maximum Gasteiger partial charge on any atom is 0.0897 e. The van der Waals surface area contributed by atoms with E-state index in [-0.39, 0.29) is 0 Å². The second kappa shape index (κ2) is 6.29. The van der Waals surface area contributed by atoms with Crippen molar-refractivity contribution in [2.24, 2.45) is 0 Å². The van der Waals surface area contributed by atoms with Crippen molar-refractivity contribution < 1.29 is 0 Å². The summed E-state index contributed by atoms with van der Waals surface area (Å²) in [6.45, 7) is 5.28. The Balaban J connectivity index is 1.72. The number of likely N-dealkylation sites (N-methyl/N-ethyl adjacent to an activating group) is 1. The Hall–Kier alpha value is -0.840. The molecule has 2 aromatic rings. The molecule has 0 bridgehead atoms. The lowest BCUT2D eigenvalue weighted by Crippen LogP contribution is -2.39. The fourth-order valence-electron chi connectivity index (χ4n) is 2.76. The van der Waals surface area contributed by atoms with Crippen molar-refractivity contribution in [2.75, 3.05) is 6.54 Å². The molecule has 0 aliphatic carbocycles. The van der Waals surface area contributed by atoms with Crippen molar-refractivity contribution in [1.82, 2.24) is 10.3 Å². The minimum absolute atomic E-state index is 0.499. The number of fused-ring (bicyclic) bond motifs is 1. The minimum Gasteiger partial charge on any atom is -0.313 e. The fraction of sp³-hybridized carbons (Fsp3) is 0.438. The lowest BCUT2D eigenvalue weighted by Gasteiger charge is -2.23. The van der Waals surface area contributed by atoms with Crippen LogP contribution in [0.15, 0.2) is 34.5 Å². The highest BCUT2D eigenvalue weighted by molar-refractivity contribution is 8.00. The SMILES string of the molecule is CCNC(Cc1csc(C)n1)C1Cc2ccccc2S1. The number of nitrogens with zero attached hydrogens (tertiary/aromatic N) is 1. The molecule has 2 atom stereocenters. The van der Waals surface area contributed by atoms with E-state index >= 15 is 0 Å². The molecule has 2 heterocycles. The molecule has 20 heavy (non-hydrogen) atoms. The third kappa shape index (κ3) is 3.08. The molecule has 1 N–H and O–H groups in total. The summed E-state index contributed by atoms with van der Waals surface area (Å²) in [6.07, 6.45) is 2.20. The average molecular weight is 304 g/mol. The highest BCUT2D eigenvalue weighted by Crippen LogP contribution is 2.38. The summed E-state index contributed by atoms with van der Waals surface area (Å²) in [7, 11) is 0. The van der Waals surface area contributed by atoms with Crippen LogP contribution in [0.5, 0.6) is 0 Å². The van der Waals surface area contributed by atoms with Crippen LogP contribution in [0.3, 0.4) is 0 Å². The van der Waals surface area contributed by atoms with Gasteiger partial charge in [0.2, 0.25) is 0 Å². The first kappa shape index (κ1) is 14.1. The summed E-state index contributed by atoms with van der Waals surface area (Å²) in [5.41, 5.74) is 2.73. The maximum absolute atomic E-state index is 4.62. The number of aryl methyl sites for hydroxylation is 1. The third-order valence-corrected chi connectivity index (χ3v) is 5.96. The number of benzene rings is 1. The molecule has 4 heteroatoms. The van der Waals surface area contributed by atoms with Gasteiger partial charge in [-0.05, 0) is 31.5 Å². The second-order valence-electron chi connectivity index (χ2n) is 5.19. The standard InChI is InChI=1S/C16H20N2S2/c1-3-17-14(9-13-10-19-11(2)18-13)16-8-12-6-4-5-7-15(12)20-16/h4-7,10,14,16-17H,3,8-9H2,1-2H3. The van der Waals surface area contributed by atoms with Gasteiger partial charge in [-0.1, -0.05) is 25.1 Å². The highest BCUT2D eigenvalue weighted by Gasteiger charge is 2.29. The van der Waals surface area contributed by atoms with Gasteiger partial charge in [0.1, 0.15) is 0 Å². The molecular formula is C16H20N2S2. The molecule has 3 rings (SSSR count). The van der Waals surface area contributed by atoms with Gasteiger partial charge >= 0.3 is 0 Å². The van der Waals surface area contributed by atoms with E-state index < -0.39 is 0 Å². The van der Waals surface area contributed by atoms with Crippen LogP contribution >= 0.6 is 23.1 Å². The largest absolute Gasteiger partial charge is 0.313 e. The second-order valence-corrected chi connectivity index (χ2v) is 7.54. The monoisotopic (exact) mass is 304 g/mol. The quantitative estimate of drug-likeness (QED) is 0.912. The van der Waals surface area contributed by atoms with Crippen molar-refractivity contribution in [1.29, 1.82) is 0 Å². The normalized spacial score (nSPS) is 19.0. The number of nitrogens with one attached hydrogen (secondary N) is 1. The fourth-order valence-corrected chi connectivity index (χ4v) is 4.79. The Morgan fingerprint density at radius 1 is 1.40 bits per heavy atom. The topological polar surface area (TPSA) is 24.9 Å². The van der Waals surface area contributed by atoms with Crippen LogP contribution in [0.2, 0.25) is 0 Å². The van der Waals surface area contributed by atoms with E-state index in [2.05, 4.69) is 53.8 Å². The molecule has 1 aromatic carbocycles. The summed E-state index contributed by atoms with van der Waals surface area (Å²) >= 11 is 3.77. The molecule has 2 nitrogen and oxygen atoms in total. The van der Waals surface area contributed by atoms with Gasteiger partial charge in [-0.25, -0.2) is 4.98 Å². The molecule has 0 amide bonds. The van der Waals surface area contributed by atoms with Gasteiger partial charge < -0.3 is 5.32 Å². The molecule has 0 fully saturated rings. The predicted molar refractivity (Wildman–Crippen MR) is 87.8 cm³/mol. The number of thioether (sulfide) groups is 1. The van der Waals surface area contributed by atoms with Crippen molar-refractivity contribution in [3.05, 3.63) is 45.9 Å². The highest BCUT2D eigenvalue weighted by atomic mass is 32.2. The average Bonchev–Trinajstić information content (AvgIpc) is 3.04. The number of aromatic nitrogens is 1. The summed E-state index contributed by atoms with van der Waals surface area (Å²) in [5, 5.41) is 7.65. The third-order valence-electron chi connectivity index (χ3n) is 3.68. The molecule has 106 valence electrons. The lowest BCUT2D eigenvalue weighted by atomic mass is 10.0. The first-order valence-electron chi connectivity index (χ1n) is 7.15. The number of rotatable bonds is 5. The summed E-state index contributed by atoms with van der Waals surface area (Å²) in [6, 6.07) is 9.29. The van der Waals surface area contributed by atoms with Gasteiger partial charge in [0, 0.05) is 28.0 Å². The number of hydrogen-bond donors (Lipinski definition) is 1. The van der Waals surface area contributed by atoms with E-state index in [0.29, 0.717) is 11.3 Å². The zero-order chi connectivity index (χ0) is 13.9. The van der Waals surface area contributed by atoms with Gasteiger partial charge in [0.25, 0.3) is 0 Å². The van der Waals surface area contributed by atoms with Crippen molar-refractivity contribution >= 4 is 23.1 Å². The molecule has 0 saturated heterocycles. The van der Waals surface area contributed by atoms with Crippen LogP contribution in [0.25, 0.3) is 0 Å². The van der Waals surface area contributed by atoms with E-state index in [9.17, 15) is 0 Å². The van der Waals surface area contributed by atoms with Crippen LogP contribution in [0, 0.1) is 6.92 Å². The zero-order valence-electron chi connectivity index (χ0n) is 11.9. The Bertz CT molecular complexity index is 554. The predicted octanol–water partition coefficient (Wildman–Crippen LogP) is 3.69. The van der Waals surface area contributed by atoms with E-state index in [4.69, 9.17) is 0 Å². The molecule has 0 saturated carbocycles. The van der Waals surface area contributed by atoms with Gasteiger partial charge in [-0.2, -0.15) is 0 Å². The molecule has 1 aromatic heterocycles. The zero-order valence-corrected chi connectivity index (χ0v) is 13.6. The van der Waals surface area contributed by atoms with Gasteiger partial charge in [0.05, 0.1) is 10.7 Å². The van der Waals surface area contributed by atoms with Crippen LogP contribution in [0.4, 0.5) is 0 Å². The Morgan fingerprint density at radius 2 is 2.25 bits per heavy atom. The minimum atomic E-state index is 0.499. The maximum atomic E-state index is 4.62. The molecule has 1 aliphatic heterocycles. The molecule has 0 radical (unpaired) electrons. The molecule has 2 unspecified atom stereocenters. The lowest BCUT2D eigenvalue weighted by molar-refractivity contribution is 0.502. The molecular weight excluding hydrogens is 284 g/mol. The molecule has 1 aliphatic rings. The van der Waals surface area contributed by atoms with Gasteiger partial charge in [-0.3, -0.25) is 0 Å². The summed E-state index contributed by atoms with van der Waals surface area (Å²) in [5.74, 6) is 0. The number of thiazole rings is 1. The van der Waals surface area contributed by atoms with E-state index in [1.54, 1.807) is 11.3 Å². The van der Waals surface area contributed by atoms with Gasteiger partial charge in [-0.15, -0.1) is 23.1 Å². The van der Waals surface area contributed by atoms with Crippen molar-refractivity contribution in [2.45, 2.75) is 42.9 Å². The first-order chi connectivity index (χ1) is 9.76. The Morgan fingerprint density at radius 3 is 2.95 bits per heavy atom. The first-order valence-corrected chi connectivity index (χ1v) is 8.91. The van der Waals surface area contributed by atoms with Crippen molar-refractivity contribution in [3.63, 3.8) is 0 Å². The number of hydrogen-bond acceptors (Lipinski definition) is 4. The van der Waals surface area contributed by atoms with Crippen LogP contribution in [-0.2, 0) is 12.8 Å². The smallest absolute Gasteiger partial charge is 0.0897 e. The van der Waals surface area contributed by atoms with Crippen LogP contribution in [-0.4, -0.2) is 22.8 Å². The van der Waals surface area contributed by atoms with Gasteiger partial charge in [0.15, 0.2) is 0 Å². The Kier molecular flexibility index (Phi) is 4.44. The summed E-state index contributed by atoms with van der Waals surface area (Å²) < 4.78 is 0. The van der Waals surface area contributed by atoms with Crippen LogP contribution in [0.1, 0.15) is 23.2 Å². The van der Waals surface area contributed by atoms with Crippen LogP contribution < -0.4 is 5.32 Å². The Labute approximate surface area is 129 Å². The molecule has 0 spiro atoms.